The van der Waals surface area contributed by atoms with Crippen molar-refractivity contribution in [3.05, 3.63) is 0 Å². The van der Waals surface area contributed by atoms with Crippen LogP contribution in [0.25, 0.3) is 0 Å². The summed E-state index contributed by atoms with van der Waals surface area (Å²) in [7, 11) is 2.76. The van der Waals surface area contributed by atoms with Gasteiger partial charge in [0.15, 0.2) is 0 Å². The van der Waals surface area contributed by atoms with E-state index in [1.165, 1.54) is 41.9 Å². The highest BCUT2D eigenvalue weighted by molar-refractivity contribution is 5.89. The molecular formula is C26H40O18. The zero-order chi connectivity index (χ0) is 34.2. The van der Waals surface area contributed by atoms with Crippen LogP contribution in [0.2, 0.25) is 0 Å². The second kappa shape index (κ2) is 24.2. The van der Waals surface area contributed by atoms with Gasteiger partial charge in [-0.25, -0.2) is 19.2 Å². The lowest BCUT2D eigenvalue weighted by Crippen LogP contribution is -2.46. The number of rotatable bonds is 20. The van der Waals surface area contributed by atoms with Gasteiger partial charge >= 0.3 is 47.8 Å². The van der Waals surface area contributed by atoms with Gasteiger partial charge in [0, 0.05) is 39.9 Å². The fourth-order valence-electron chi connectivity index (χ4n) is 2.47. The number of methoxy groups -OCH3 is 2. The molecule has 2 N–H and O–H groups in total. The van der Waals surface area contributed by atoms with Crippen LogP contribution >= 0.6 is 0 Å². The van der Waals surface area contributed by atoms with Crippen LogP contribution in [0, 0.1) is 0 Å². The van der Waals surface area contributed by atoms with Crippen molar-refractivity contribution in [3.63, 3.8) is 0 Å². The van der Waals surface area contributed by atoms with E-state index < -0.39 is 72.2 Å². The molecule has 18 nitrogen and oxygen atoms in total. The Morgan fingerprint density at radius 1 is 0.455 bits per heavy atom. The SMILES string of the molecule is CCC(=O)OC(C(=O)O)C(OC(=O)CC)C(=O)OCCOC.CCC(=O)OC(C(=O)O)C(OC(=O)CC)C(=O)OCCOC. The Labute approximate surface area is 253 Å². The molecule has 44 heavy (non-hydrogen) atoms. The van der Waals surface area contributed by atoms with Crippen molar-refractivity contribution in [3.8, 4) is 0 Å². The van der Waals surface area contributed by atoms with Crippen molar-refractivity contribution in [2.24, 2.45) is 0 Å². The number of carboxylic acids is 2. The molecule has 0 saturated carbocycles. The molecule has 0 aromatic rings. The molecule has 0 aromatic carbocycles. The molecule has 0 heterocycles. The Kier molecular flexibility index (Phi) is 23.0. The molecule has 4 atom stereocenters. The monoisotopic (exact) mass is 640 g/mol. The normalized spacial score (nSPS) is 12.9. The molecular weight excluding hydrogens is 600 g/mol. The predicted molar refractivity (Wildman–Crippen MR) is 142 cm³/mol. The summed E-state index contributed by atoms with van der Waals surface area (Å²) in [5.74, 6) is -8.87. The maximum atomic E-state index is 11.9. The molecule has 4 unspecified atom stereocenters. The summed E-state index contributed by atoms with van der Waals surface area (Å²) in [6.45, 7) is 5.65. The largest absolute Gasteiger partial charge is 0.478 e. The molecule has 0 saturated heterocycles. The molecule has 0 bridgehead atoms. The van der Waals surface area contributed by atoms with Crippen molar-refractivity contribution < 1.29 is 86.5 Å². The molecule has 0 amide bonds. The van der Waals surface area contributed by atoms with Gasteiger partial charge in [-0.3, -0.25) is 19.2 Å². The maximum absolute atomic E-state index is 11.9. The third-order valence-electron chi connectivity index (χ3n) is 4.75. The van der Waals surface area contributed by atoms with E-state index in [2.05, 4.69) is 18.9 Å². The summed E-state index contributed by atoms with van der Waals surface area (Å²) in [6.07, 6.45) is -8.08. The van der Waals surface area contributed by atoms with Crippen LogP contribution in [0.1, 0.15) is 53.4 Å². The standard InChI is InChI=1S/2C13H20O9/c2*1-4-8(14)21-10(12(16)17)11(22-9(15)5-2)13(18)20-7-6-19-3/h2*10-11H,4-7H2,1-3H3,(H,16,17). The number of carboxylic acid groups (broad SMARTS) is 2. The molecule has 252 valence electrons. The Morgan fingerprint density at radius 2 is 0.705 bits per heavy atom. The average Bonchev–Trinajstić information content (AvgIpc) is 2.99. The zero-order valence-electron chi connectivity index (χ0n) is 25.4. The molecule has 0 fully saturated rings. The van der Waals surface area contributed by atoms with E-state index in [0.717, 1.165) is 0 Å². The molecule has 18 heteroatoms. The van der Waals surface area contributed by atoms with E-state index in [4.69, 9.17) is 29.2 Å². The molecule has 0 rings (SSSR count). The van der Waals surface area contributed by atoms with Gasteiger partial charge in [0.2, 0.25) is 24.4 Å². The van der Waals surface area contributed by atoms with Gasteiger partial charge in [0.25, 0.3) is 0 Å². The molecule has 0 aliphatic rings. The third kappa shape index (κ3) is 17.6. The van der Waals surface area contributed by atoms with Crippen LogP contribution in [0.5, 0.6) is 0 Å². The van der Waals surface area contributed by atoms with Gasteiger partial charge < -0.3 is 48.1 Å². The maximum Gasteiger partial charge on any atom is 0.352 e. The van der Waals surface area contributed by atoms with E-state index in [0.29, 0.717) is 0 Å². The van der Waals surface area contributed by atoms with Crippen molar-refractivity contribution in [1.82, 2.24) is 0 Å². The minimum atomic E-state index is -1.97. The number of ether oxygens (including phenoxy) is 8. The van der Waals surface area contributed by atoms with Gasteiger partial charge in [-0.2, -0.15) is 0 Å². The molecule has 0 aliphatic carbocycles. The first-order valence-electron chi connectivity index (χ1n) is 13.3. The highest BCUT2D eigenvalue weighted by Gasteiger charge is 2.42. The first kappa shape index (κ1) is 41.8. The van der Waals surface area contributed by atoms with Crippen LogP contribution in [0.3, 0.4) is 0 Å². The van der Waals surface area contributed by atoms with E-state index in [1.54, 1.807) is 0 Å². The van der Waals surface area contributed by atoms with Gasteiger partial charge in [-0.05, 0) is 0 Å². The van der Waals surface area contributed by atoms with Crippen LogP contribution in [-0.2, 0) is 76.3 Å². The number of carbonyl (C=O) groups is 8. The highest BCUT2D eigenvalue weighted by atomic mass is 16.6. The molecule has 0 spiro atoms. The zero-order valence-corrected chi connectivity index (χ0v) is 25.4. The lowest BCUT2D eigenvalue weighted by atomic mass is 10.2. The molecule has 0 aromatic heterocycles. The van der Waals surface area contributed by atoms with Crippen LogP contribution in [0.4, 0.5) is 0 Å². The molecule has 0 radical (unpaired) electrons. The predicted octanol–water partition coefficient (Wildman–Crippen LogP) is -0.192. The summed E-state index contributed by atoms with van der Waals surface area (Å²) in [5.41, 5.74) is 0. The van der Waals surface area contributed by atoms with E-state index in [9.17, 15) is 38.4 Å². The Balaban J connectivity index is 0. The first-order chi connectivity index (χ1) is 20.7. The van der Waals surface area contributed by atoms with E-state index in [1.807, 2.05) is 0 Å². The van der Waals surface area contributed by atoms with E-state index >= 15 is 0 Å². The summed E-state index contributed by atoms with van der Waals surface area (Å²) >= 11 is 0. The third-order valence-corrected chi connectivity index (χ3v) is 4.75. The van der Waals surface area contributed by atoms with Gasteiger partial charge in [0.05, 0.1) is 13.2 Å². The Morgan fingerprint density at radius 3 is 0.909 bits per heavy atom. The fourth-order valence-corrected chi connectivity index (χ4v) is 2.47. The fraction of sp³-hybridized carbons (Fsp3) is 0.692. The first-order valence-corrected chi connectivity index (χ1v) is 13.3. The summed E-state index contributed by atoms with van der Waals surface area (Å²) in [4.78, 5) is 91.4. The summed E-state index contributed by atoms with van der Waals surface area (Å²) in [5, 5.41) is 18.2. The number of hydrogen-bond acceptors (Lipinski definition) is 16. The van der Waals surface area contributed by atoms with Crippen LogP contribution in [-0.4, -0.2) is 123 Å². The lowest BCUT2D eigenvalue weighted by Gasteiger charge is -2.22. The second-order valence-electron chi connectivity index (χ2n) is 8.05. The Hall–Kier alpha value is -4.32. The van der Waals surface area contributed by atoms with Gasteiger partial charge in [-0.15, -0.1) is 0 Å². The number of aliphatic carboxylic acids is 2. The number of esters is 6. The number of hydrogen-bond donors (Lipinski definition) is 2. The van der Waals surface area contributed by atoms with Crippen molar-refractivity contribution >= 4 is 47.8 Å². The Bertz CT molecular complexity index is 885. The van der Waals surface area contributed by atoms with Crippen molar-refractivity contribution in [2.75, 3.05) is 40.6 Å². The topological polar surface area (TPSA) is 251 Å². The lowest BCUT2D eigenvalue weighted by molar-refractivity contribution is -0.190. The van der Waals surface area contributed by atoms with Crippen molar-refractivity contribution in [1.29, 1.82) is 0 Å². The highest BCUT2D eigenvalue weighted by Crippen LogP contribution is 2.12. The average molecular weight is 641 g/mol. The van der Waals surface area contributed by atoms with Gasteiger partial charge in [0.1, 0.15) is 13.2 Å². The van der Waals surface area contributed by atoms with Gasteiger partial charge in [-0.1, -0.05) is 27.7 Å². The van der Waals surface area contributed by atoms with Crippen molar-refractivity contribution in [2.45, 2.75) is 77.8 Å². The summed E-state index contributed by atoms with van der Waals surface area (Å²) in [6, 6.07) is 0. The smallest absolute Gasteiger partial charge is 0.352 e. The van der Waals surface area contributed by atoms with Crippen LogP contribution in [0.15, 0.2) is 0 Å². The van der Waals surface area contributed by atoms with Crippen LogP contribution < -0.4 is 0 Å². The quantitative estimate of drug-likeness (QED) is 0.0993. The minimum Gasteiger partial charge on any atom is -0.478 e. The number of carbonyl (C=O) groups excluding carboxylic acids is 6. The minimum absolute atomic E-state index is 0.0761. The molecule has 0 aliphatic heterocycles. The summed E-state index contributed by atoms with van der Waals surface area (Å²) < 4.78 is 37.6. The second-order valence-corrected chi connectivity index (χ2v) is 8.05. The van der Waals surface area contributed by atoms with E-state index in [-0.39, 0.29) is 52.1 Å².